The molecule has 4 heteroatoms. The lowest BCUT2D eigenvalue weighted by Gasteiger charge is -2.07. The van der Waals surface area contributed by atoms with Crippen LogP contribution in [0.2, 0.25) is 0 Å². The summed E-state index contributed by atoms with van der Waals surface area (Å²) in [7, 11) is 1.35. The van der Waals surface area contributed by atoms with Crippen LogP contribution >= 0.6 is 0 Å². The van der Waals surface area contributed by atoms with Crippen LogP contribution in [0.5, 0.6) is 11.5 Å². The van der Waals surface area contributed by atoms with Gasteiger partial charge in [-0.1, -0.05) is 36.6 Å². The van der Waals surface area contributed by atoms with Crippen LogP contribution in [-0.2, 0) is 16.1 Å². The number of ether oxygens (including phenoxy) is 3. The largest absolute Gasteiger partial charge is 0.489 e. The van der Waals surface area contributed by atoms with Crippen molar-refractivity contribution in [3.8, 4) is 11.5 Å². The Bertz CT molecular complexity index is 736. The van der Waals surface area contributed by atoms with Crippen molar-refractivity contribution >= 4 is 12.0 Å². The van der Waals surface area contributed by atoms with Gasteiger partial charge in [0.2, 0.25) is 0 Å². The lowest BCUT2D eigenvalue weighted by molar-refractivity contribution is -0.134. The van der Waals surface area contributed by atoms with Gasteiger partial charge < -0.3 is 14.2 Å². The first kappa shape index (κ1) is 17.1. The highest BCUT2D eigenvalue weighted by atomic mass is 16.5. The highest BCUT2D eigenvalue weighted by Crippen LogP contribution is 2.17. The first-order chi connectivity index (χ1) is 11.7. The SMILES string of the molecule is C=C=COc1ccc(COc2ccc(/C=C/C(=O)OC)cc2)cc1. The smallest absolute Gasteiger partial charge is 0.330 e. The van der Waals surface area contributed by atoms with E-state index >= 15 is 0 Å². The third-order valence-electron chi connectivity index (χ3n) is 3.10. The number of esters is 1. The van der Waals surface area contributed by atoms with E-state index in [-0.39, 0.29) is 5.97 Å². The molecule has 2 rings (SSSR count). The Hall–Kier alpha value is -3.23. The number of carbonyl (C=O) groups excluding carboxylic acids is 1. The molecular formula is C20H18O4. The number of hydrogen-bond donors (Lipinski definition) is 0. The zero-order chi connectivity index (χ0) is 17.2. The molecule has 0 saturated carbocycles. The minimum atomic E-state index is -0.383. The summed E-state index contributed by atoms with van der Waals surface area (Å²) < 4.78 is 15.5. The van der Waals surface area contributed by atoms with Gasteiger partial charge in [0.1, 0.15) is 24.4 Å². The van der Waals surface area contributed by atoms with Gasteiger partial charge in [0.25, 0.3) is 0 Å². The molecule has 0 spiro atoms. The maximum Gasteiger partial charge on any atom is 0.330 e. The number of benzene rings is 2. The van der Waals surface area contributed by atoms with Crippen molar-refractivity contribution in [2.45, 2.75) is 6.61 Å². The third-order valence-corrected chi connectivity index (χ3v) is 3.10. The molecule has 0 unspecified atom stereocenters. The molecule has 0 amide bonds. The fourth-order valence-corrected chi connectivity index (χ4v) is 1.85. The van der Waals surface area contributed by atoms with Crippen LogP contribution < -0.4 is 9.47 Å². The Morgan fingerprint density at radius 2 is 1.75 bits per heavy atom. The average Bonchev–Trinajstić information content (AvgIpc) is 2.64. The van der Waals surface area contributed by atoms with Gasteiger partial charge >= 0.3 is 5.97 Å². The Balaban J connectivity index is 1.89. The van der Waals surface area contributed by atoms with Gasteiger partial charge in [-0.05, 0) is 41.5 Å². The van der Waals surface area contributed by atoms with Crippen molar-refractivity contribution in [1.29, 1.82) is 0 Å². The summed E-state index contributed by atoms with van der Waals surface area (Å²) in [6.45, 7) is 3.89. The quantitative estimate of drug-likeness (QED) is 0.333. The third kappa shape index (κ3) is 5.52. The van der Waals surface area contributed by atoms with Gasteiger partial charge in [-0.2, -0.15) is 0 Å². The Morgan fingerprint density at radius 3 is 2.38 bits per heavy atom. The molecule has 0 atom stereocenters. The lowest BCUT2D eigenvalue weighted by atomic mass is 10.2. The second-order valence-corrected chi connectivity index (χ2v) is 4.80. The van der Waals surface area contributed by atoms with Crippen molar-refractivity contribution in [3.63, 3.8) is 0 Å². The lowest BCUT2D eigenvalue weighted by Crippen LogP contribution is -1.95. The summed E-state index contributed by atoms with van der Waals surface area (Å²) >= 11 is 0. The van der Waals surface area contributed by atoms with Gasteiger partial charge in [0, 0.05) is 6.08 Å². The predicted molar refractivity (Wildman–Crippen MR) is 92.6 cm³/mol. The minimum Gasteiger partial charge on any atom is -0.489 e. The first-order valence-corrected chi connectivity index (χ1v) is 7.30. The van der Waals surface area contributed by atoms with Gasteiger partial charge in [-0.3, -0.25) is 0 Å². The molecule has 0 aliphatic rings. The number of methoxy groups -OCH3 is 1. The van der Waals surface area contributed by atoms with Crippen molar-refractivity contribution in [3.05, 3.63) is 84.3 Å². The maximum atomic E-state index is 11.0. The molecule has 2 aromatic rings. The first-order valence-electron chi connectivity index (χ1n) is 7.30. The second-order valence-electron chi connectivity index (χ2n) is 4.80. The molecule has 4 nitrogen and oxygen atoms in total. The monoisotopic (exact) mass is 322 g/mol. The second kappa shape index (κ2) is 9.03. The number of hydrogen-bond acceptors (Lipinski definition) is 4. The molecule has 24 heavy (non-hydrogen) atoms. The van der Waals surface area contributed by atoms with E-state index in [2.05, 4.69) is 17.0 Å². The predicted octanol–water partition coefficient (Wildman–Crippen LogP) is 4.13. The van der Waals surface area contributed by atoms with Gasteiger partial charge in [-0.15, -0.1) is 0 Å². The Labute approximate surface area is 141 Å². The van der Waals surface area contributed by atoms with Crippen LogP contribution in [0, 0.1) is 0 Å². The average molecular weight is 322 g/mol. The number of rotatable bonds is 7. The number of carbonyl (C=O) groups is 1. The fourth-order valence-electron chi connectivity index (χ4n) is 1.85. The van der Waals surface area contributed by atoms with Crippen molar-refractivity contribution in [1.82, 2.24) is 0 Å². The molecule has 0 aliphatic heterocycles. The zero-order valence-electron chi connectivity index (χ0n) is 13.4. The van der Waals surface area contributed by atoms with Crippen LogP contribution in [0.15, 0.2) is 73.2 Å². The van der Waals surface area contributed by atoms with E-state index in [1.165, 1.54) is 19.4 Å². The maximum absolute atomic E-state index is 11.0. The summed E-state index contributed by atoms with van der Waals surface area (Å²) in [4.78, 5) is 11.0. The van der Waals surface area contributed by atoms with E-state index in [0.29, 0.717) is 6.61 Å². The molecule has 0 heterocycles. The van der Waals surface area contributed by atoms with E-state index in [9.17, 15) is 4.79 Å². The van der Waals surface area contributed by atoms with Crippen LogP contribution in [0.3, 0.4) is 0 Å². The van der Waals surface area contributed by atoms with E-state index in [1.807, 2.05) is 48.5 Å². The molecule has 0 bridgehead atoms. The van der Waals surface area contributed by atoms with E-state index in [0.717, 1.165) is 22.6 Å². The topological polar surface area (TPSA) is 44.8 Å². The summed E-state index contributed by atoms with van der Waals surface area (Å²) in [6.07, 6.45) is 4.47. The molecule has 2 aromatic carbocycles. The summed E-state index contributed by atoms with van der Waals surface area (Å²) in [5.41, 5.74) is 4.47. The van der Waals surface area contributed by atoms with Crippen molar-refractivity contribution < 1.29 is 19.0 Å². The van der Waals surface area contributed by atoms with Crippen LogP contribution in [0.4, 0.5) is 0 Å². The van der Waals surface area contributed by atoms with E-state index < -0.39 is 0 Å². The standard InChI is InChI=1S/C20H18O4/c1-3-14-23-18-11-6-17(7-12-18)15-24-19-9-4-16(5-10-19)8-13-20(21)22-2/h4-14H,1,15H2,2H3/b13-8+. The van der Waals surface area contributed by atoms with Gasteiger partial charge in [0.05, 0.1) is 7.11 Å². The van der Waals surface area contributed by atoms with Crippen molar-refractivity contribution in [2.75, 3.05) is 7.11 Å². The molecule has 122 valence electrons. The molecular weight excluding hydrogens is 304 g/mol. The normalized spacial score (nSPS) is 10.0. The van der Waals surface area contributed by atoms with E-state index in [4.69, 9.17) is 9.47 Å². The molecule has 0 aliphatic carbocycles. The Kier molecular flexibility index (Phi) is 6.45. The minimum absolute atomic E-state index is 0.383. The van der Waals surface area contributed by atoms with Gasteiger partial charge in [-0.25, -0.2) is 4.79 Å². The zero-order valence-corrected chi connectivity index (χ0v) is 13.4. The van der Waals surface area contributed by atoms with Crippen LogP contribution in [0.1, 0.15) is 11.1 Å². The van der Waals surface area contributed by atoms with Gasteiger partial charge in [0.15, 0.2) is 0 Å². The highest BCUT2D eigenvalue weighted by Gasteiger charge is 1.98. The molecule has 0 radical (unpaired) electrons. The summed E-state index contributed by atoms with van der Waals surface area (Å²) in [6, 6.07) is 15.0. The highest BCUT2D eigenvalue weighted by molar-refractivity contribution is 5.86. The van der Waals surface area contributed by atoms with Crippen molar-refractivity contribution in [2.24, 2.45) is 0 Å². The summed E-state index contributed by atoms with van der Waals surface area (Å²) in [5, 5.41) is 0. The van der Waals surface area contributed by atoms with Crippen LogP contribution in [0.25, 0.3) is 6.08 Å². The summed E-state index contributed by atoms with van der Waals surface area (Å²) in [5.74, 6) is 1.09. The molecule has 0 saturated heterocycles. The fraction of sp³-hybridized carbons (Fsp3) is 0.100. The molecule has 0 fully saturated rings. The Morgan fingerprint density at radius 1 is 1.08 bits per heavy atom. The van der Waals surface area contributed by atoms with E-state index in [1.54, 1.807) is 6.08 Å². The molecule has 0 N–H and O–H groups in total. The van der Waals surface area contributed by atoms with Crippen LogP contribution in [-0.4, -0.2) is 13.1 Å². The molecule has 0 aromatic heterocycles.